The molecule has 4 rings (SSSR count). The zero-order chi connectivity index (χ0) is 22.8. The minimum absolute atomic E-state index is 0.0620. The first-order chi connectivity index (χ1) is 15.3. The SMILES string of the molecule is Cc1ccc(NC(=O)CN2C(=O)S/C(=C/c3ccc(-c4ccc(F)cc4F)o3)C2=O)cc1. The van der Waals surface area contributed by atoms with E-state index in [0.717, 1.165) is 22.6 Å². The van der Waals surface area contributed by atoms with Crippen molar-refractivity contribution >= 4 is 40.6 Å². The Kier molecular flexibility index (Phi) is 5.91. The minimum Gasteiger partial charge on any atom is -0.457 e. The van der Waals surface area contributed by atoms with Crippen molar-refractivity contribution in [3.8, 4) is 11.3 Å². The predicted molar refractivity (Wildman–Crippen MR) is 117 cm³/mol. The molecular formula is C23H16F2N2O4S. The summed E-state index contributed by atoms with van der Waals surface area (Å²) in [5.41, 5.74) is 1.65. The van der Waals surface area contributed by atoms with Crippen LogP contribution in [0.15, 0.2) is 63.9 Å². The number of imide groups is 1. The fourth-order valence-corrected chi connectivity index (χ4v) is 3.83. The van der Waals surface area contributed by atoms with Crippen molar-refractivity contribution in [1.29, 1.82) is 0 Å². The lowest BCUT2D eigenvalue weighted by Gasteiger charge is -2.12. The van der Waals surface area contributed by atoms with Gasteiger partial charge in [-0.05, 0) is 55.1 Å². The van der Waals surface area contributed by atoms with E-state index in [1.165, 1.54) is 24.3 Å². The molecule has 2 aromatic carbocycles. The van der Waals surface area contributed by atoms with E-state index in [1.807, 2.05) is 19.1 Å². The third-order valence-electron chi connectivity index (χ3n) is 4.61. The maximum atomic E-state index is 13.9. The van der Waals surface area contributed by atoms with Gasteiger partial charge in [-0.1, -0.05) is 17.7 Å². The molecule has 3 amide bonds. The molecule has 1 fully saturated rings. The fraction of sp³-hybridized carbons (Fsp3) is 0.0870. The molecule has 32 heavy (non-hydrogen) atoms. The predicted octanol–water partition coefficient (Wildman–Crippen LogP) is 5.21. The number of amides is 3. The van der Waals surface area contributed by atoms with Gasteiger partial charge in [-0.2, -0.15) is 0 Å². The Bertz CT molecular complexity index is 1250. The molecular weight excluding hydrogens is 438 g/mol. The van der Waals surface area contributed by atoms with Crippen LogP contribution in [-0.2, 0) is 9.59 Å². The second-order valence-corrected chi connectivity index (χ2v) is 8.00. The van der Waals surface area contributed by atoms with E-state index in [9.17, 15) is 23.2 Å². The molecule has 3 aromatic rings. The standard InChI is InChI=1S/C23H16F2N2O4S/c1-13-2-5-15(6-3-13)26-21(28)12-27-22(29)20(32-23(27)30)11-16-7-9-19(31-16)17-8-4-14(24)10-18(17)25/h2-11H,12H2,1H3,(H,26,28)/b20-11+. The Balaban J connectivity index is 1.46. The summed E-state index contributed by atoms with van der Waals surface area (Å²) in [5.74, 6) is -2.29. The van der Waals surface area contributed by atoms with Crippen molar-refractivity contribution in [2.75, 3.05) is 11.9 Å². The molecule has 0 bridgehead atoms. The molecule has 1 saturated heterocycles. The summed E-state index contributed by atoms with van der Waals surface area (Å²) in [6, 6.07) is 13.2. The Morgan fingerprint density at radius 1 is 1.09 bits per heavy atom. The number of furan rings is 1. The number of hydrogen-bond donors (Lipinski definition) is 1. The smallest absolute Gasteiger partial charge is 0.294 e. The van der Waals surface area contributed by atoms with Gasteiger partial charge in [0.25, 0.3) is 11.1 Å². The molecule has 0 saturated carbocycles. The van der Waals surface area contributed by atoms with Gasteiger partial charge in [-0.15, -0.1) is 0 Å². The summed E-state index contributed by atoms with van der Waals surface area (Å²) >= 11 is 0.672. The number of nitrogens with zero attached hydrogens (tertiary/aromatic N) is 1. The van der Waals surface area contributed by atoms with Gasteiger partial charge in [0.05, 0.1) is 10.5 Å². The zero-order valence-corrected chi connectivity index (χ0v) is 17.5. The normalized spacial score (nSPS) is 15.0. The van der Waals surface area contributed by atoms with E-state index >= 15 is 0 Å². The zero-order valence-electron chi connectivity index (χ0n) is 16.7. The van der Waals surface area contributed by atoms with Crippen LogP contribution in [0, 0.1) is 18.6 Å². The Hall–Kier alpha value is -3.72. The molecule has 1 aliphatic rings. The number of halogens is 2. The number of aryl methyl sites for hydroxylation is 1. The molecule has 162 valence electrons. The lowest BCUT2D eigenvalue weighted by Crippen LogP contribution is -2.36. The number of hydrogen-bond acceptors (Lipinski definition) is 5. The minimum atomic E-state index is -0.786. The highest BCUT2D eigenvalue weighted by Gasteiger charge is 2.36. The maximum absolute atomic E-state index is 13.9. The van der Waals surface area contributed by atoms with E-state index in [2.05, 4.69) is 5.32 Å². The van der Waals surface area contributed by atoms with E-state index in [0.29, 0.717) is 17.4 Å². The molecule has 1 N–H and O–H groups in total. The molecule has 9 heteroatoms. The summed E-state index contributed by atoms with van der Waals surface area (Å²) < 4.78 is 32.6. The van der Waals surface area contributed by atoms with Crippen molar-refractivity contribution in [3.63, 3.8) is 0 Å². The molecule has 0 atom stereocenters. The first-order valence-corrected chi connectivity index (χ1v) is 10.3. The summed E-state index contributed by atoms with van der Waals surface area (Å²) in [7, 11) is 0. The van der Waals surface area contributed by atoms with Gasteiger partial charge in [-0.25, -0.2) is 8.78 Å². The number of rotatable bonds is 5. The van der Waals surface area contributed by atoms with Gasteiger partial charge >= 0.3 is 0 Å². The van der Waals surface area contributed by atoms with Crippen LogP contribution >= 0.6 is 11.8 Å². The summed E-state index contributed by atoms with van der Waals surface area (Å²) in [6.07, 6.45) is 1.34. The highest BCUT2D eigenvalue weighted by molar-refractivity contribution is 8.18. The molecule has 0 spiro atoms. The Morgan fingerprint density at radius 3 is 2.56 bits per heavy atom. The largest absolute Gasteiger partial charge is 0.457 e. The second kappa shape index (κ2) is 8.80. The molecule has 0 radical (unpaired) electrons. The van der Waals surface area contributed by atoms with Gasteiger partial charge in [0.15, 0.2) is 0 Å². The number of anilines is 1. The van der Waals surface area contributed by atoms with E-state index in [1.54, 1.807) is 12.1 Å². The van der Waals surface area contributed by atoms with Crippen LogP contribution in [0.25, 0.3) is 17.4 Å². The van der Waals surface area contributed by atoms with Crippen LogP contribution in [-0.4, -0.2) is 28.5 Å². The fourth-order valence-electron chi connectivity index (χ4n) is 3.01. The molecule has 0 aliphatic carbocycles. The summed E-state index contributed by atoms with van der Waals surface area (Å²) in [5, 5.41) is 2.05. The number of thioether (sulfide) groups is 1. The first-order valence-electron chi connectivity index (χ1n) is 9.47. The molecule has 6 nitrogen and oxygen atoms in total. The summed E-state index contributed by atoms with van der Waals surface area (Å²) in [6.45, 7) is 1.48. The van der Waals surface area contributed by atoms with Gasteiger partial charge in [0.2, 0.25) is 5.91 Å². The van der Waals surface area contributed by atoms with Crippen LogP contribution in [0.3, 0.4) is 0 Å². The van der Waals surface area contributed by atoms with Gasteiger partial charge in [0, 0.05) is 17.8 Å². The van der Waals surface area contributed by atoms with Crippen molar-refractivity contribution in [1.82, 2.24) is 4.90 Å². The van der Waals surface area contributed by atoms with E-state index in [-0.39, 0.29) is 22.0 Å². The van der Waals surface area contributed by atoms with Crippen molar-refractivity contribution in [3.05, 3.63) is 82.5 Å². The molecule has 1 aromatic heterocycles. The first kappa shape index (κ1) is 21.5. The number of carbonyl (C=O) groups excluding carboxylic acids is 3. The number of nitrogens with one attached hydrogen (secondary N) is 1. The topological polar surface area (TPSA) is 79.6 Å². The lowest BCUT2D eigenvalue weighted by atomic mass is 10.1. The van der Waals surface area contributed by atoms with Crippen LogP contribution in [0.2, 0.25) is 0 Å². The van der Waals surface area contributed by atoms with Crippen molar-refractivity contribution < 1.29 is 27.6 Å². The van der Waals surface area contributed by atoms with Gasteiger partial charge in [0.1, 0.15) is 29.7 Å². The van der Waals surface area contributed by atoms with Crippen molar-refractivity contribution in [2.45, 2.75) is 6.92 Å². The van der Waals surface area contributed by atoms with Crippen LogP contribution in [0.1, 0.15) is 11.3 Å². The van der Waals surface area contributed by atoms with E-state index in [4.69, 9.17) is 4.42 Å². The average molecular weight is 454 g/mol. The monoisotopic (exact) mass is 454 g/mol. The van der Waals surface area contributed by atoms with Crippen LogP contribution < -0.4 is 5.32 Å². The van der Waals surface area contributed by atoms with E-state index < -0.39 is 35.2 Å². The molecule has 0 unspecified atom stereocenters. The number of benzene rings is 2. The second-order valence-electron chi connectivity index (χ2n) is 7.01. The Labute approximate surface area is 185 Å². The van der Waals surface area contributed by atoms with Crippen LogP contribution in [0.4, 0.5) is 19.3 Å². The van der Waals surface area contributed by atoms with Crippen molar-refractivity contribution in [2.24, 2.45) is 0 Å². The number of carbonyl (C=O) groups is 3. The highest BCUT2D eigenvalue weighted by Crippen LogP contribution is 2.33. The van der Waals surface area contributed by atoms with Gasteiger partial charge < -0.3 is 9.73 Å². The third-order valence-corrected chi connectivity index (χ3v) is 5.51. The molecule has 1 aliphatic heterocycles. The summed E-state index contributed by atoms with van der Waals surface area (Å²) in [4.78, 5) is 38.0. The Morgan fingerprint density at radius 2 is 1.84 bits per heavy atom. The van der Waals surface area contributed by atoms with Gasteiger partial charge in [-0.3, -0.25) is 19.3 Å². The quantitative estimate of drug-likeness (QED) is 0.536. The maximum Gasteiger partial charge on any atom is 0.294 e. The van der Waals surface area contributed by atoms with Crippen LogP contribution in [0.5, 0.6) is 0 Å². The average Bonchev–Trinajstić information content (AvgIpc) is 3.30. The highest BCUT2D eigenvalue weighted by atomic mass is 32.2. The lowest BCUT2D eigenvalue weighted by molar-refractivity contribution is -0.127. The molecule has 2 heterocycles. The third kappa shape index (κ3) is 4.62.